The molecule has 0 aliphatic carbocycles. The van der Waals surface area contributed by atoms with Crippen molar-refractivity contribution in [2.24, 2.45) is 0 Å². The Morgan fingerprint density at radius 1 is 1.65 bits per heavy atom. The van der Waals surface area contributed by atoms with Gasteiger partial charge < -0.3 is 15.7 Å². The summed E-state index contributed by atoms with van der Waals surface area (Å²) in [4.78, 5) is 33.5. The lowest BCUT2D eigenvalue weighted by atomic mass is 10.1. The Balaban J connectivity index is 2.55. The van der Waals surface area contributed by atoms with E-state index in [2.05, 4.69) is 17.2 Å². The lowest BCUT2D eigenvalue weighted by Gasteiger charge is -2.17. The van der Waals surface area contributed by atoms with Gasteiger partial charge in [-0.3, -0.25) is 9.59 Å². The van der Waals surface area contributed by atoms with Gasteiger partial charge in [0.1, 0.15) is 12.1 Å². The van der Waals surface area contributed by atoms with Crippen molar-refractivity contribution in [2.45, 2.75) is 38.3 Å². The normalized spacial score (nSPS) is 20.5. The van der Waals surface area contributed by atoms with Crippen LogP contribution in [-0.2, 0) is 14.4 Å². The smallest absolute Gasteiger partial charge is 0.326 e. The molecule has 2 atom stereocenters. The van der Waals surface area contributed by atoms with Crippen LogP contribution in [0.5, 0.6) is 0 Å². The molecule has 2 amide bonds. The minimum absolute atomic E-state index is 0.182. The highest BCUT2D eigenvalue weighted by Gasteiger charge is 2.30. The Hall–Kier alpha value is -1.85. The molecule has 94 valence electrons. The molecule has 0 aromatic carbocycles. The molecular weight excluding hydrogens is 224 g/mol. The number of aliphatic carboxylic acids is 1. The highest BCUT2D eigenvalue weighted by molar-refractivity contribution is 5.92. The molecule has 0 saturated carbocycles. The second-order valence-corrected chi connectivity index (χ2v) is 4.22. The van der Waals surface area contributed by atoms with Crippen LogP contribution in [0.2, 0.25) is 0 Å². The Labute approximate surface area is 99.1 Å². The summed E-state index contributed by atoms with van der Waals surface area (Å²) in [5, 5.41) is 13.8. The van der Waals surface area contributed by atoms with Gasteiger partial charge in [-0.15, -0.1) is 6.58 Å². The fourth-order valence-corrected chi connectivity index (χ4v) is 1.63. The van der Waals surface area contributed by atoms with E-state index in [4.69, 9.17) is 5.11 Å². The first-order valence-corrected chi connectivity index (χ1v) is 5.37. The fourth-order valence-electron chi connectivity index (χ4n) is 1.63. The van der Waals surface area contributed by atoms with Crippen molar-refractivity contribution < 1.29 is 19.5 Å². The van der Waals surface area contributed by atoms with Gasteiger partial charge in [0.2, 0.25) is 11.8 Å². The zero-order valence-corrected chi connectivity index (χ0v) is 9.66. The number of hydrogen-bond acceptors (Lipinski definition) is 3. The zero-order chi connectivity index (χ0) is 13.0. The van der Waals surface area contributed by atoms with E-state index in [1.165, 1.54) is 0 Å². The van der Waals surface area contributed by atoms with E-state index >= 15 is 0 Å². The van der Waals surface area contributed by atoms with Crippen LogP contribution < -0.4 is 10.6 Å². The van der Waals surface area contributed by atoms with Crippen molar-refractivity contribution in [1.82, 2.24) is 10.6 Å². The minimum atomic E-state index is -1.11. The summed E-state index contributed by atoms with van der Waals surface area (Å²) in [5.74, 6) is -1.74. The van der Waals surface area contributed by atoms with E-state index in [9.17, 15) is 14.4 Å². The van der Waals surface area contributed by atoms with Gasteiger partial charge in [0.05, 0.1) is 0 Å². The van der Waals surface area contributed by atoms with Gasteiger partial charge in [0.25, 0.3) is 0 Å². The van der Waals surface area contributed by atoms with Crippen LogP contribution in [0.25, 0.3) is 0 Å². The third kappa shape index (κ3) is 3.90. The number of carboxylic acids is 1. The first-order chi connectivity index (χ1) is 7.90. The Morgan fingerprint density at radius 3 is 2.71 bits per heavy atom. The largest absolute Gasteiger partial charge is 0.480 e. The van der Waals surface area contributed by atoms with Crippen LogP contribution in [0, 0.1) is 0 Å². The van der Waals surface area contributed by atoms with Gasteiger partial charge in [-0.05, 0) is 19.8 Å². The lowest BCUT2D eigenvalue weighted by molar-refractivity contribution is -0.142. The topological polar surface area (TPSA) is 95.5 Å². The van der Waals surface area contributed by atoms with E-state index in [1.807, 2.05) is 0 Å². The molecule has 1 aliphatic heterocycles. The van der Waals surface area contributed by atoms with Gasteiger partial charge in [-0.25, -0.2) is 4.79 Å². The van der Waals surface area contributed by atoms with E-state index < -0.39 is 24.0 Å². The predicted molar refractivity (Wildman–Crippen MR) is 60.2 cm³/mol. The molecule has 1 saturated heterocycles. The van der Waals surface area contributed by atoms with Crippen molar-refractivity contribution in [3.05, 3.63) is 12.2 Å². The van der Waals surface area contributed by atoms with Gasteiger partial charge in [0, 0.05) is 6.42 Å². The number of carbonyl (C=O) groups excluding carboxylic acids is 2. The molecule has 0 aromatic rings. The third-order valence-corrected chi connectivity index (χ3v) is 2.48. The predicted octanol–water partition coefficient (Wildman–Crippen LogP) is -0.199. The van der Waals surface area contributed by atoms with Crippen LogP contribution in [0.3, 0.4) is 0 Å². The summed E-state index contributed by atoms with van der Waals surface area (Å²) in [7, 11) is 0. The summed E-state index contributed by atoms with van der Waals surface area (Å²) in [5.41, 5.74) is 0.674. The summed E-state index contributed by atoms with van der Waals surface area (Å²) < 4.78 is 0. The molecule has 17 heavy (non-hydrogen) atoms. The molecule has 1 aliphatic rings. The second-order valence-electron chi connectivity index (χ2n) is 4.22. The SMILES string of the molecule is C=C(C)C[C@H](NC(=O)[C@H]1CCC(=O)N1)C(=O)O. The monoisotopic (exact) mass is 240 g/mol. The maximum atomic E-state index is 11.7. The molecule has 0 bridgehead atoms. The average Bonchev–Trinajstić information content (AvgIpc) is 2.63. The van der Waals surface area contributed by atoms with Crippen LogP contribution in [0.4, 0.5) is 0 Å². The second kappa shape index (κ2) is 5.47. The highest BCUT2D eigenvalue weighted by Crippen LogP contribution is 2.08. The number of rotatable bonds is 5. The van der Waals surface area contributed by atoms with Crippen LogP contribution in [-0.4, -0.2) is 35.0 Å². The van der Waals surface area contributed by atoms with Crippen LogP contribution >= 0.6 is 0 Å². The summed E-state index contributed by atoms with van der Waals surface area (Å²) in [6.07, 6.45) is 0.891. The molecule has 6 heteroatoms. The minimum Gasteiger partial charge on any atom is -0.480 e. The molecule has 0 spiro atoms. The lowest BCUT2D eigenvalue weighted by Crippen LogP contribution is -2.48. The number of hydrogen-bond donors (Lipinski definition) is 3. The van der Waals surface area contributed by atoms with Gasteiger partial charge in [-0.1, -0.05) is 5.57 Å². The molecule has 1 heterocycles. The quantitative estimate of drug-likeness (QED) is 0.580. The first kappa shape index (κ1) is 13.2. The molecule has 1 fully saturated rings. The zero-order valence-electron chi connectivity index (χ0n) is 9.66. The summed E-state index contributed by atoms with van der Waals surface area (Å²) >= 11 is 0. The van der Waals surface area contributed by atoms with Crippen LogP contribution in [0.15, 0.2) is 12.2 Å². The van der Waals surface area contributed by atoms with Crippen molar-refractivity contribution in [2.75, 3.05) is 0 Å². The number of carbonyl (C=O) groups is 3. The summed E-state index contributed by atoms with van der Waals surface area (Å²) in [6.45, 7) is 5.30. The fraction of sp³-hybridized carbons (Fsp3) is 0.545. The van der Waals surface area contributed by atoms with Crippen molar-refractivity contribution in [3.8, 4) is 0 Å². The van der Waals surface area contributed by atoms with Crippen LogP contribution in [0.1, 0.15) is 26.2 Å². The standard InChI is InChI=1S/C11H16N2O4/c1-6(2)5-8(11(16)17)13-10(15)7-3-4-9(14)12-7/h7-8H,1,3-5H2,2H3,(H,12,14)(H,13,15)(H,16,17)/t7-,8+/m1/s1. The Morgan fingerprint density at radius 2 is 2.29 bits per heavy atom. The number of carboxylic acid groups (broad SMARTS) is 1. The average molecular weight is 240 g/mol. The Kier molecular flexibility index (Phi) is 4.25. The highest BCUT2D eigenvalue weighted by atomic mass is 16.4. The summed E-state index contributed by atoms with van der Waals surface area (Å²) in [6, 6.07) is -1.60. The third-order valence-electron chi connectivity index (χ3n) is 2.48. The Bertz CT molecular complexity index is 364. The van der Waals surface area contributed by atoms with E-state index in [-0.39, 0.29) is 12.3 Å². The molecule has 1 rings (SSSR count). The van der Waals surface area contributed by atoms with E-state index in [0.717, 1.165) is 0 Å². The van der Waals surface area contributed by atoms with Gasteiger partial charge in [-0.2, -0.15) is 0 Å². The molecular formula is C11H16N2O4. The van der Waals surface area contributed by atoms with E-state index in [0.29, 0.717) is 18.4 Å². The van der Waals surface area contributed by atoms with Gasteiger partial charge >= 0.3 is 5.97 Å². The maximum Gasteiger partial charge on any atom is 0.326 e. The molecule has 0 aromatic heterocycles. The molecule has 0 radical (unpaired) electrons. The van der Waals surface area contributed by atoms with Crippen molar-refractivity contribution >= 4 is 17.8 Å². The first-order valence-electron chi connectivity index (χ1n) is 5.37. The molecule has 6 nitrogen and oxygen atoms in total. The van der Waals surface area contributed by atoms with Gasteiger partial charge in [0.15, 0.2) is 0 Å². The molecule has 0 unspecified atom stereocenters. The van der Waals surface area contributed by atoms with Crippen molar-refractivity contribution in [1.29, 1.82) is 0 Å². The maximum absolute atomic E-state index is 11.7. The number of nitrogens with one attached hydrogen (secondary N) is 2. The number of amides is 2. The van der Waals surface area contributed by atoms with Crippen molar-refractivity contribution in [3.63, 3.8) is 0 Å². The molecule has 3 N–H and O–H groups in total. The van der Waals surface area contributed by atoms with E-state index in [1.54, 1.807) is 6.92 Å².